The maximum absolute atomic E-state index is 13.0. The fourth-order valence-corrected chi connectivity index (χ4v) is 2.35. The van der Waals surface area contributed by atoms with Gasteiger partial charge in [-0.1, -0.05) is 11.6 Å². The van der Waals surface area contributed by atoms with Gasteiger partial charge in [0.25, 0.3) is 0 Å². The van der Waals surface area contributed by atoms with Gasteiger partial charge in [0.15, 0.2) is 0 Å². The predicted molar refractivity (Wildman–Crippen MR) is 61.6 cm³/mol. The third-order valence-corrected chi connectivity index (χ3v) is 3.37. The summed E-state index contributed by atoms with van der Waals surface area (Å²) < 4.78 is 37.2. The van der Waals surface area contributed by atoms with Gasteiger partial charge in [-0.05, 0) is 18.2 Å². The minimum atomic E-state index is -3.45. The van der Waals surface area contributed by atoms with E-state index in [0.29, 0.717) is 5.69 Å². The van der Waals surface area contributed by atoms with Crippen molar-refractivity contribution in [3.63, 3.8) is 0 Å². The van der Waals surface area contributed by atoms with Crippen molar-refractivity contribution in [2.75, 3.05) is 6.26 Å². The molecule has 0 saturated heterocycles. The number of sulfone groups is 1. The van der Waals surface area contributed by atoms with Gasteiger partial charge in [-0.2, -0.15) is 0 Å². The Morgan fingerprint density at radius 1 is 1.41 bits per heavy atom. The third kappa shape index (κ3) is 2.32. The summed E-state index contributed by atoms with van der Waals surface area (Å²) in [6.45, 7) is 0. The summed E-state index contributed by atoms with van der Waals surface area (Å²) in [6, 6.07) is 3.94. The normalized spacial score (nSPS) is 11.7. The molecule has 7 heteroatoms. The maximum Gasteiger partial charge on any atom is 0.231 e. The summed E-state index contributed by atoms with van der Waals surface area (Å²) in [5.41, 5.74) is 0.439. The lowest BCUT2D eigenvalue weighted by atomic mass is 10.3. The van der Waals surface area contributed by atoms with Crippen LogP contribution in [0.25, 0.3) is 5.69 Å². The molecule has 0 radical (unpaired) electrons. The fraction of sp³-hybridized carbons (Fsp3) is 0.100. The zero-order chi connectivity index (χ0) is 12.6. The lowest BCUT2D eigenvalue weighted by Gasteiger charge is -2.06. The average molecular weight is 275 g/mol. The number of nitrogens with zero attached hydrogens (tertiary/aromatic N) is 2. The summed E-state index contributed by atoms with van der Waals surface area (Å²) in [7, 11) is -3.45. The first-order valence-corrected chi connectivity index (χ1v) is 6.85. The largest absolute Gasteiger partial charge is 0.291 e. The van der Waals surface area contributed by atoms with E-state index in [0.717, 1.165) is 6.26 Å². The minimum absolute atomic E-state index is 0.0735. The van der Waals surface area contributed by atoms with Crippen molar-refractivity contribution < 1.29 is 12.8 Å². The van der Waals surface area contributed by atoms with E-state index >= 15 is 0 Å². The molecule has 0 atom stereocenters. The van der Waals surface area contributed by atoms with Crippen molar-refractivity contribution in [3.8, 4) is 5.69 Å². The Morgan fingerprint density at radius 3 is 2.71 bits per heavy atom. The van der Waals surface area contributed by atoms with E-state index in [9.17, 15) is 12.8 Å². The van der Waals surface area contributed by atoms with Gasteiger partial charge in [-0.3, -0.25) is 4.57 Å². The van der Waals surface area contributed by atoms with Gasteiger partial charge in [0.1, 0.15) is 5.82 Å². The molecule has 0 amide bonds. The van der Waals surface area contributed by atoms with E-state index in [1.54, 1.807) is 0 Å². The van der Waals surface area contributed by atoms with Crippen LogP contribution in [0.1, 0.15) is 0 Å². The molecule has 0 N–H and O–H groups in total. The number of imidazole rings is 1. The van der Waals surface area contributed by atoms with Crippen LogP contribution >= 0.6 is 11.6 Å². The minimum Gasteiger partial charge on any atom is -0.291 e. The Kier molecular flexibility index (Phi) is 2.92. The van der Waals surface area contributed by atoms with Crippen LogP contribution in [-0.4, -0.2) is 24.2 Å². The molecule has 0 aliphatic rings. The second kappa shape index (κ2) is 4.12. The van der Waals surface area contributed by atoms with Gasteiger partial charge >= 0.3 is 0 Å². The summed E-state index contributed by atoms with van der Waals surface area (Å²) in [4.78, 5) is 3.75. The summed E-state index contributed by atoms with van der Waals surface area (Å²) in [5, 5.41) is -0.184. The summed E-state index contributed by atoms with van der Waals surface area (Å²) in [5.74, 6) is -0.559. The molecule has 1 aromatic carbocycles. The maximum atomic E-state index is 13.0. The van der Waals surface area contributed by atoms with Crippen LogP contribution in [-0.2, 0) is 9.84 Å². The summed E-state index contributed by atoms with van der Waals surface area (Å²) >= 11 is 5.64. The van der Waals surface area contributed by atoms with E-state index in [4.69, 9.17) is 11.6 Å². The third-order valence-electron chi connectivity index (χ3n) is 2.12. The number of aromatic nitrogens is 2. The highest BCUT2D eigenvalue weighted by Crippen LogP contribution is 2.21. The molecule has 4 nitrogen and oxygen atoms in total. The standard InChI is InChI=1S/C10H8ClFN2O2S/c1-17(15,16)10-13-4-5-14(10)7-2-3-9(12)8(11)6-7/h2-6H,1H3. The van der Waals surface area contributed by atoms with E-state index in [2.05, 4.69) is 4.98 Å². The Morgan fingerprint density at radius 2 is 2.12 bits per heavy atom. The molecule has 0 fully saturated rings. The van der Waals surface area contributed by atoms with Crippen molar-refractivity contribution in [2.24, 2.45) is 0 Å². The number of hydrogen-bond acceptors (Lipinski definition) is 3. The number of rotatable bonds is 2. The molecule has 0 bridgehead atoms. The van der Waals surface area contributed by atoms with Crippen molar-refractivity contribution in [1.82, 2.24) is 9.55 Å². The number of hydrogen-bond donors (Lipinski definition) is 0. The quantitative estimate of drug-likeness (QED) is 0.842. The molecule has 0 aliphatic heterocycles. The zero-order valence-corrected chi connectivity index (χ0v) is 10.3. The van der Waals surface area contributed by atoms with Gasteiger partial charge in [0.2, 0.25) is 15.0 Å². The van der Waals surface area contributed by atoms with Gasteiger partial charge < -0.3 is 0 Å². The van der Waals surface area contributed by atoms with E-state index in [-0.39, 0.29) is 10.2 Å². The van der Waals surface area contributed by atoms with Crippen LogP contribution in [0, 0.1) is 5.82 Å². The molecule has 90 valence electrons. The molecule has 0 aliphatic carbocycles. The molecule has 1 heterocycles. The van der Waals surface area contributed by atoms with Crippen LogP contribution in [0.3, 0.4) is 0 Å². The monoisotopic (exact) mass is 274 g/mol. The second-order valence-electron chi connectivity index (χ2n) is 3.45. The van der Waals surface area contributed by atoms with Crippen molar-refractivity contribution in [3.05, 3.63) is 41.4 Å². The van der Waals surface area contributed by atoms with Crippen molar-refractivity contribution in [2.45, 2.75) is 5.16 Å². The average Bonchev–Trinajstić information content (AvgIpc) is 2.70. The van der Waals surface area contributed by atoms with Gasteiger partial charge in [-0.15, -0.1) is 0 Å². The van der Waals surface area contributed by atoms with Gasteiger partial charge in [-0.25, -0.2) is 17.8 Å². The Balaban J connectivity index is 2.62. The van der Waals surface area contributed by atoms with Gasteiger partial charge in [0, 0.05) is 24.3 Å². The molecule has 2 rings (SSSR count). The van der Waals surface area contributed by atoms with Crippen molar-refractivity contribution >= 4 is 21.4 Å². The predicted octanol–water partition coefficient (Wildman–Crippen LogP) is 2.07. The number of halogens is 2. The fourth-order valence-electron chi connectivity index (χ4n) is 1.40. The Bertz CT molecular complexity index is 667. The Labute approximate surface area is 103 Å². The Hall–Kier alpha value is -1.40. The molecule has 17 heavy (non-hydrogen) atoms. The highest BCUT2D eigenvalue weighted by Gasteiger charge is 2.16. The zero-order valence-electron chi connectivity index (χ0n) is 8.76. The first-order chi connectivity index (χ1) is 7.89. The molecule has 0 unspecified atom stereocenters. The smallest absolute Gasteiger partial charge is 0.231 e. The second-order valence-corrected chi connectivity index (χ2v) is 5.77. The lowest BCUT2D eigenvalue weighted by Crippen LogP contribution is -2.07. The summed E-state index contributed by atoms with van der Waals surface area (Å²) in [6.07, 6.45) is 3.88. The van der Waals surface area contributed by atoms with Crippen LogP contribution in [0.2, 0.25) is 5.02 Å². The topological polar surface area (TPSA) is 52.0 Å². The van der Waals surface area contributed by atoms with Crippen molar-refractivity contribution in [1.29, 1.82) is 0 Å². The van der Waals surface area contributed by atoms with Crippen LogP contribution in [0.5, 0.6) is 0 Å². The first kappa shape index (κ1) is 12.1. The van der Waals surface area contributed by atoms with Crippen LogP contribution < -0.4 is 0 Å². The lowest BCUT2D eigenvalue weighted by molar-refractivity contribution is 0.590. The van der Waals surface area contributed by atoms with E-state index in [1.807, 2.05) is 0 Å². The van der Waals surface area contributed by atoms with Gasteiger partial charge in [0.05, 0.1) is 5.02 Å². The SMILES string of the molecule is CS(=O)(=O)c1nccn1-c1ccc(F)c(Cl)c1. The molecule has 0 spiro atoms. The highest BCUT2D eigenvalue weighted by atomic mass is 35.5. The van der Waals surface area contributed by atoms with Crippen LogP contribution in [0.15, 0.2) is 35.7 Å². The molecule has 1 aromatic heterocycles. The van der Waals surface area contributed by atoms with E-state index < -0.39 is 15.7 Å². The van der Waals surface area contributed by atoms with E-state index in [1.165, 1.54) is 35.2 Å². The molecule has 2 aromatic rings. The molecular weight excluding hydrogens is 267 g/mol. The molecular formula is C10H8ClFN2O2S. The first-order valence-electron chi connectivity index (χ1n) is 4.58. The highest BCUT2D eigenvalue weighted by molar-refractivity contribution is 7.90. The van der Waals surface area contributed by atoms with Crippen LogP contribution in [0.4, 0.5) is 4.39 Å². The number of benzene rings is 1. The molecule has 0 saturated carbocycles.